The van der Waals surface area contributed by atoms with Crippen LogP contribution < -0.4 is 0 Å². The lowest BCUT2D eigenvalue weighted by Crippen LogP contribution is -2.58. The van der Waals surface area contributed by atoms with Crippen molar-refractivity contribution in [3.8, 4) is 0 Å². The molecule has 0 aromatic rings. The van der Waals surface area contributed by atoms with Gasteiger partial charge in [0.05, 0.1) is 6.10 Å². The fourth-order valence-corrected chi connectivity index (χ4v) is 8.21. The Hall–Kier alpha value is -0.900. The lowest BCUT2D eigenvalue weighted by Gasteiger charge is -2.60. The van der Waals surface area contributed by atoms with Crippen LogP contribution in [-0.4, -0.2) is 29.1 Å². The fourth-order valence-electron chi connectivity index (χ4n) is 8.21. The molecule has 4 aliphatic rings. The summed E-state index contributed by atoms with van der Waals surface area (Å²) >= 11 is 0. The quantitative estimate of drug-likeness (QED) is 0.736. The van der Waals surface area contributed by atoms with Crippen molar-refractivity contribution in [1.29, 1.82) is 0 Å². The fraction of sp³-hybridized carbons (Fsp3) is 0.913. The maximum Gasteiger partial charge on any atom is 0.302 e. The normalized spacial score (nSPS) is 50.3. The Balaban J connectivity index is 1.59. The first-order chi connectivity index (χ1) is 12.7. The van der Waals surface area contributed by atoms with Gasteiger partial charge in [-0.05, 0) is 86.4 Å². The van der Waals surface area contributed by atoms with Gasteiger partial charge < -0.3 is 9.84 Å². The molecule has 4 aliphatic carbocycles. The first-order valence-electron chi connectivity index (χ1n) is 11.0. The number of hydrogen-bond acceptors (Lipinski definition) is 4. The highest BCUT2D eigenvalue weighted by atomic mass is 16.5. The van der Waals surface area contributed by atoms with E-state index in [2.05, 4.69) is 13.8 Å². The molecule has 4 nitrogen and oxygen atoms in total. The maximum absolute atomic E-state index is 13.5. The molecule has 27 heavy (non-hydrogen) atoms. The Kier molecular flexibility index (Phi) is 4.73. The van der Waals surface area contributed by atoms with Gasteiger partial charge in [0.15, 0.2) is 0 Å². The minimum absolute atomic E-state index is 0.0233. The zero-order valence-corrected chi connectivity index (χ0v) is 17.4. The summed E-state index contributed by atoms with van der Waals surface area (Å²) in [6.45, 7) is 8.03. The number of aliphatic hydroxyl groups is 1. The molecule has 4 fully saturated rings. The van der Waals surface area contributed by atoms with Crippen LogP contribution in [0.2, 0.25) is 0 Å². The topological polar surface area (TPSA) is 63.6 Å². The Bertz CT molecular complexity index is 628. The molecule has 9 atom stereocenters. The van der Waals surface area contributed by atoms with E-state index in [-0.39, 0.29) is 40.8 Å². The molecule has 0 unspecified atom stereocenters. The van der Waals surface area contributed by atoms with Gasteiger partial charge in [-0.25, -0.2) is 0 Å². The second-order valence-electron chi connectivity index (χ2n) is 10.6. The van der Waals surface area contributed by atoms with Gasteiger partial charge in [0.2, 0.25) is 0 Å². The summed E-state index contributed by atoms with van der Waals surface area (Å²) in [4.78, 5) is 24.9. The highest BCUT2D eigenvalue weighted by Crippen LogP contribution is 2.66. The number of hydrogen-bond donors (Lipinski definition) is 1. The number of fused-ring (bicyclic) bond motifs is 5. The second-order valence-corrected chi connectivity index (χ2v) is 10.6. The summed E-state index contributed by atoms with van der Waals surface area (Å²) in [5, 5.41) is 10.3. The highest BCUT2D eigenvalue weighted by molar-refractivity contribution is 5.84. The van der Waals surface area contributed by atoms with E-state index in [1.54, 1.807) is 0 Å². The smallest absolute Gasteiger partial charge is 0.302 e. The molecule has 1 N–H and O–H groups in total. The van der Waals surface area contributed by atoms with Crippen LogP contribution in [0.5, 0.6) is 0 Å². The van der Waals surface area contributed by atoms with Gasteiger partial charge in [-0.1, -0.05) is 13.8 Å². The van der Waals surface area contributed by atoms with Crippen LogP contribution in [0.4, 0.5) is 0 Å². The van der Waals surface area contributed by atoms with Crippen LogP contribution in [-0.2, 0) is 14.3 Å². The van der Waals surface area contributed by atoms with E-state index in [9.17, 15) is 14.7 Å². The minimum Gasteiger partial charge on any atom is -0.463 e. The number of carbonyl (C=O) groups is 2. The van der Waals surface area contributed by atoms with E-state index in [1.165, 1.54) is 6.92 Å². The number of ether oxygens (including phenoxy) is 1. The Labute approximate surface area is 163 Å². The van der Waals surface area contributed by atoms with Gasteiger partial charge in [-0.2, -0.15) is 0 Å². The van der Waals surface area contributed by atoms with Crippen molar-refractivity contribution in [2.45, 2.75) is 91.3 Å². The predicted octanol–water partition coefficient (Wildman–Crippen LogP) is 4.14. The molecule has 0 amide bonds. The first-order valence-corrected chi connectivity index (χ1v) is 11.0. The minimum atomic E-state index is -0.324. The summed E-state index contributed by atoms with van der Waals surface area (Å²) in [6.07, 6.45) is 7.65. The summed E-state index contributed by atoms with van der Waals surface area (Å²) in [5.74, 6) is 2.23. The molecule has 0 spiro atoms. The molecule has 4 saturated carbocycles. The Morgan fingerprint density at radius 3 is 2.56 bits per heavy atom. The second kappa shape index (κ2) is 6.57. The van der Waals surface area contributed by atoms with Gasteiger partial charge in [0, 0.05) is 19.3 Å². The van der Waals surface area contributed by atoms with Crippen LogP contribution in [0.3, 0.4) is 0 Å². The van der Waals surface area contributed by atoms with E-state index in [0.29, 0.717) is 30.0 Å². The number of esters is 1. The molecule has 152 valence electrons. The van der Waals surface area contributed by atoms with Crippen molar-refractivity contribution < 1.29 is 19.4 Å². The summed E-state index contributed by atoms with van der Waals surface area (Å²) in [7, 11) is 0. The van der Waals surface area contributed by atoms with Crippen molar-refractivity contribution in [1.82, 2.24) is 0 Å². The average molecular weight is 377 g/mol. The lowest BCUT2D eigenvalue weighted by molar-refractivity contribution is -0.170. The third-order valence-corrected chi connectivity index (χ3v) is 9.29. The Morgan fingerprint density at radius 1 is 1.15 bits per heavy atom. The molecular weight excluding hydrogens is 340 g/mol. The molecule has 0 aromatic heterocycles. The van der Waals surface area contributed by atoms with Gasteiger partial charge in [-0.3, -0.25) is 9.59 Å². The van der Waals surface area contributed by atoms with Crippen LogP contribution in [0, 0.1) is 40.4 Å². The van der Waals surface area contributed by atoms with E-state index < -0.39 is 0 Å². The van der Waals surface area contributed by atoms with Crippen molar-refractivity contribution in [2.75, 3.05) is 0 Å². The summed E-state index contributed by atoms with van der Waals surface area (Å²) in [6, 6.07) is 0. The van der Waals surface area contributed by atoms with Crippen LogP contribution in [0.15, 0.2) is 0 Å². The maximum atomic E-state index is 13.5. The zero-order chi connectivity index (χ0) is 19.6. The van der Waals surface area contributed by atoms with Crippen LogP contribution in [0.1, 0.15) is 79.1 Å². The standard InChI is InChI=1S/C23H36O4/c1-13(24)18-7-8-19-17-6-5-15-11-16(27-14(2)25)9-10-22(15,3)21(17)20(26)12-23(18,19)4/h13,15-19,21,24H,5-12H2,1-4H3/t13-,15+,16+,17+,18+,19-,21+,22+,23+/m0/s1. The SMILES string of the molecule is CC(=O)O[C@@H]1CC[C@]2(C)[C@H](CC[C@@H]3[C@@H]4CC[C@H]([C@H](C)O)[C@@]4(C)CC(=O)[C@@H]32)C1. The predicted molar refractivity (Wildman–Crippen MR) is 103 cm³/mol. The van der Waals surface area contributed by atoms with Crippen molar-refractivity contribution >= 4 is 11.8 Å². The molecule has 0 bridgehead atoms. The number of carbonyl (C=O) groups excluding carboxylic acids is 2. The first kappa shape index (κ1) is 19.4. The van der Waals surface area contributed by atoms with Gasteiger partial charge in [0.1, 0.15) is 11.9 Å². The molecule has 0 aromatic carbocycles. The molecule has 4 heteroatoms. The van der Waals surface area contributed by atoms with Gasteiger partial charge >= 0.3 is 5.97 Å². The molecular formula is C23H36O4. The van der Waals surface area contributed by atoms with Gasteiger partial charge in [-0.15, -0.1) is 0 Å². The van der Waals surface area contributed by atoms with Crippen LogP contribution in [0.25, 0.3) is 0 Å². The number of Topliss-reactive ketones (excluding diaryl/α,β-unsaturated/α-hetero) is 1. The number of aliphatic hydroxyl groups excluding tert-OH is 1. The molecule has 0 aliphatic heterocycles. The van der Waals surface area contributed by atoms with E-state index in [1.807, 2.05) is 6.92 Å². The molecule has 0 radical (unpaired) electrons. The molecule has 0 heterocycles. The van der Waals surface area contributed by atoms with Crippen molar-refractivity contribution in [3.05, 3.63) is 0 Å². The van der Waals surface area contributed by atoms with E-state index >= 15 is 0 Å². The monoisotopic (exact) mass is 376 g/mol. The summed E-state index contributed by atoms with van der Waals surface area (Å²) < 4.78 is 5.52. The van der Waals surface area contributed by atoms with Gasteiger partial charge in [0.25, 0.3) is 0 Å². The van der Waals surface area contributed by atoms with E-state index in [0.717, 1.165) is 44.9 Å². The largest absolute Gasteiger partial charge is 0.463 e. The highest BCUT2D eigenvalue weighted by Gasteiger charge is 2.63. The van der Waals surface area contributed by atoms with Crippen molar-refractivity contribution in [3.63, 3.8) is 0 Å². The van der Waals surface area contributed by atoms with Crippen molar-refractivity contribution in [2.24, 2.45) is 40.4 Å². The number of rotatable bonds is 2. The lowest BCUT2D eigenvalue weighted by atomic mass is 9.44. The van der Waals surface area contributed by atoms with E-state index in [4.69, 9.17) is 4.74 Å². The third-order valence-electron chi connectivity index (χ3n) is 9.29. The average Bonchev–Trinajstić information content (AvgIpc) is 2.91. The zero-order valence-electron chi connectivity index (χ0n) is 17.4. The Morgan fingerprint density at radius 2 is 1.89 bits per heavy atom. The third kappa shape index (κ3) is 2.89. The summed E-state index contributed by atoms with van der Waals surface area (Å²) in [5.41, 5.74) is 0.0332. The molecule has 4 rings (SSSR count). The number of ketones is 1. The van der Waals surface area contributed by atoms with Crippen LogP contribution >= 0.6 is 0 Å². The molecule has 0 saturated heterocycles.